The van der Waals surface area contributed by atoms with Gasteiger partial charge in [0.05, 0.1) is 11.4 Å². The summed E-state index contributed by atoms with van der Waals surface area (Å²) in [5.41, 5.74) is 8.55. The largest absolute Gasteiger partial charge is 0.405 e. The SMILES string of the molecule is C=C(/C=C\C=C/N)CN(CCN(C)Cc1ccccn1)Cc1ccccn1. The van der Waals surface area contributed by atoms with Gasteiger partial charge in [-0.15, -0.1) is 0 Å². The number of pyridine rings is 2. The van der Waals surface area contributed by atoms with Crippen LogP contribution in [0.1, 0.15) is 11.4 Å². The van der Waals surface area contributed by atoms with Crippen molar-refractivity contribution >= 4 is 0 Å². The van der Waals surface area contributed by atoms with Gasteiger partial charge in [-0.25, -0.2) is 0 Å². The molecule has 0 aromatic carbocycles. The highest BCUT2D eigenvalue weighted by molar-refractivity contribution is 5.20. The lowest BCUT2D eigenvalue weighted by molar-refractivity contribution is 0.226. The lowest BCUT2D eigenvalue weighted by atomic mass is 10.2. The fourth-order valence-electron chi connectivity index (χ4n) is 2.69. The third kappa shape index (κ3) is 8.44. The first-order valence-corrected chi connectivity index (χ1v) is 9.11. The maximum atomic E-state index is 5.37. The van der Waals surface area contributed by atoms with Crippen LogP contribution in [0, 0.1) is 0 Å². The maximum absolute atomic E-state index is 5.37. The molecule has 0 bridgehead atoms. The number of nitrogens with two attached hydrogens (primary N) is 1. The number of aromatic nitrogens is 2. The quantitative estimate of drug-likeness (QED) is 0.622. The van der Waals surface area contributed by atoms with Crippen LogP contribution in [0.15, 0.2) is 85.4 Å². The zero-order valence-electron chi connectivity index (χ0n) is 16.0. The van der Waals surface area contributed by atoms with Crippen molar-refractivity contribution in [2.45, 2.75) is 13.1 Å². The molecule has 0 fully saturated rings. The van der Waals surface area contributed by atoms with Crippen molar-refractivity contribution in [3.8, 4) is 0 Å². The first kappa shape index (κ1) is 20.6. The van der Waals surface area contributed by atoms with E-state index in [1.54, 1.807) is 6.08 Å². The molecule has 0 radical (unpaired) electrons. The van der Waals surface area contributed by atoms with Gasteiger partial charge >= 0.3 is 0 Å². The Morgan fingerprint density at radius 2 is 1.67 bits per heavy atom. The lowest BCUT2D eigenvalue weighted by Gasteiger charge is -2.25. The van der Waals surface area contributed by atoms with Gasteiger partial charge in [0.15, 0.2) is 0 Å². The molecule has 2 N–H and O–H groups in total. The molecule has 2 aromatic rings. The minimum atomic E-state index is 0.781. The summed E-state index contributed by atoms with van der Waals surface area (Å²) in [6.07, 6.45) is 10.9. The topological polar surface area (TPSA) is 58.3 Å². The van der Waals surface area contributed by atoms with Crippen LogP contribution < -0.4 is 5.73 Å². The Labute approximate surface area is 162 Å². The summed E-state index contributed by atoms with van der Waals surface area (Å²) < 4.78 is 0. The van der Waals surface area contributed by atoms with Gasteiger partial charge in [0.25, 0.3) is 0 Å². The maximum Gasteiger partial charge on any atom is 0.0544 e. The van der Waals surface area contributed by atoms with Crippen LogP contribution in [0.5, 0.6) is 0 Å². The van der Waals surface area contributed by atoms with E-state index in [0.717, 1.165) is 49.7 Å². The highest BCUT2D eigenvalue weighted by Crippen LogP contribution is 2.07. The van der Waals surface area contributed by atoms with Crippen LogP contribution in [0.25, 0.3) is 0 Å². The Morgan fingerprint density at radius 3 is 2.26 bits per heavy atom. The van der Waals surface area contributed by atoms with Crippen LogP contribution in [0.4, 0.5) is 0 Å². The fourth-order valence-corrected chi connectivity index (χ4v) is 2.69. The molecule has 2 aromatic heterocycles. The van der Waals surface area contributed by atoms with Gasteiger partial charge in [-0.05, 0) is 49.2 Å². The second-order valence-electron chi connectivity index (χ2n) is 6.49. The number of rotatable bonds is 11. The van der Waals surface area contributed by atoms with Crippen molar-refractivity contribution in [2.24, 2.45) is 5.73 Å². The number of nitrogens with zero attached hydrogens (tertiary/aromatic N) is 4. The molecule has 0 spiro atoms. The van der Waals surface area contributed by atoms with E-state index in [1.165, 1.54) is 6.20 Å². The van der Waals surface area contributed by atoms with E-state index < -0.39 is 0 Å². The van der Waals surface area contributed by atoms with Crippen molar-refractivity contribution in [1.82, 2.24) is 19.8 Å². The Kier molecular flexibility index (Phi) is 8.96. The molecule has 142 valence electrons. The van der Waals surface area contributed by atoms with Crippen molar-refractivity contribution < 1.29 is 0 Å². The number of allylic oxidation sites excluding steroid dienone is 2. The van der Waals surface area contributed by atoms with Gasteiger partial charge in [0, 0.05) is 45.1 Å². The Bertz CT molecular complexity index is 725. The molecule has 0 saturated heterocycles. The molecule has 0 atom stereocenters. The monoisotopic (exact) mass is 363 g/mol. The molecule has 0 unspecified atom stereocenters. The van der Waals surface area contributed by atoms with E-state index in [4.69, 9.17) is 5.73 Å². The predicted molar refractivity (Wildman–Crippen MR) is 112 cm³/mol. The second-order valence-corrected chi connectivity index (χ2v) is 6.49. The summed E-state index contributed by atoms with van der Waals surface area (Å²) in [6, 6.07) is 12.0. The third-order valence-electron chi connectivity index (χ3n) is 4.05. The summed E-state index contributed by atoms with van der Waals surface area (Å²) in [6.45, 7) is 8.41. The summed E-state index contributed by atoms with van der Waals surface area (Å²) in [7, 11) is 2.12. The molecule has 5 heteroatoms. The van der Waals surface area contributed by atoms with E-state index in [2.05, 4.69) is 45.5 Å². The van der Waals surface area contributed by atoms with E-state index in [-0.39, 0.29) is 0 Å². The molecule has 0 amide bonds. The first-order chi connectivity index (χ1) is 13.2. The van der Waals surface area contributed by atoms with Crippen LogP contribution in [0.2, 0.25) is 0 Å². The van der Waals surface area contributed by atoms with Gasteiger partial charge in [0.2, 0.25) is 0 Å². The molecule has 2 rings (SSSR count). The molecule has 2 heterocycles. The average molecular weight is 364 g/mol. The second kappa shape index (κ2) is 11.8. The molecule has 27 heavy (non-hydrogen) atoms. The molecular formula is C22H29N5. The highest BCUT2D eigenvalue weighted by Gasteiger charge is 2.10. The first-order valence-electron chi connectivity index (χ1n) is 9.11. The third-order valence-corrected chi connectivity index (χ3v) is 4.05. The minimum absolute atomic E-state index is 0.781. The van der Waals surface area contributed by atoms with Crippen LogP contribution in [0.3, 0.4) is 0 Å². The van der Waals surface area contributed by atoms with Gasteiger partial charge in [-0.3, -0.25) is 19.8 Å². The summed E-state index contributed by atoms with van der Waals surface area (Å²) in [5, 5.41) is 0. The molecule has 0 aliphatic rings. The Balaban J connectivity index is 1.93. The zero-order chi connectivity index (χ0) is 19.3. The van der Waals surface area contributed by atoms with Crippen LogP contribution in [-0.4, -0.2) is 46.4 Å². The van der Waals surface area contributed by atoms with Crippen LogP contribution in [-0.2, 0) is 13.1 Å². The standard InChI is InChI=1S/C22H29N5/c1-20(9-3-6-12-23)17-27(19-22-11-5-8-14-25-22)16-15-26(2)18-21-10-4-7-13-24-21/h3-14H,1,15-19,23H2,2H3/b9-3-,12-6-. The Morgan fingerprint density at radius 1 is 1.00 bits per heavy atom. The number of likely N-dealkylation sites (N-methyl/N-ethyl adjacent to an activating group) is 1. The van der Waals surface area contributed by atoms with E-state index in [1.807, 2.05) is 48.8 Å². The Hall–Kier alpha value is -2.76. The fraction of sp³-hybridized carbons (Fsp3) is 0.273. The smallest absolute Gasteiger partial charge is 0.0544 e. The lowest BCUT2D eigenvalue weighted by Crippen LogP contribution is -2.34. The van der Waals surface area contributed by atoms with Crippen molar-refractivity contribution in [3.63, 3.8) is 0 Å². The summed E-state index contributed by atoms with van der Waals surface area (Å²) in [5.74, 6) is 0. The van der Waals surface area contributed by atoms with Crippen molar-refractivity contribution in [3.05, 3.63) is 96.8 Å². The molecular weight excluding hydrogens is 334 g/mol. The molecule has 0 aliphatic heterocycles. The average Bonchev–Trinajstić information content (AvgIpc) is 2.68. The molecule has 0 aliphatic carbocycles. The van der Waals surface area contributed by atoms with Gasteiger partial charge in [0.1, 0.15) is 0 Å². The van der Waals surface area contributed by atoms with E-state index in [0.29, 0.717) is 0 Å². The van der Waals surface area contributed by atoms with Gasteiger partial charge < -0.3 is 5.73 Å². The van der Waals surface area contributed by atoms with Crippen molar-refractivity contribution in [1.29, 1.82) is 0 Å². The van der Waals surface area contributed by atoms with Gasteiger partial charge in [-0.2, -0.15) is 0 Å². The number of hydrogen-bond donors (Lipinski definition) is 1. The molecule has 0 saturated carbocycles. The minimum Gasteiger partial charge on any atom is -0.405 e. The normalized spacial score (nSPS) is 11.8. The summed E-state index contributed by atoms with van der Waals surface area (Å²) in [4.78, 5) is 13.5. The number of hydrogen-bond acceptors (Lipinski definition) is 5. The van der Waals surface area contributed by atoms with E-state index in [9.17, 15) is 0 Å². The summed E-state index contributed by atoms with van der Waals surface area (Å²) >= 11 is 0. The predicted octanol–water partition coefficient (Wildman–Crippen LogP) is 3.00. The highest BCUT2D eigenvalue weighted by atomic mass is 15.2. The van der Waals surface area contributed by atoms with Crippen LogP contribution >= 0.6 is 0 Å². The zero-order valence-corrected chi connectivity index (χ0v) is 16.0. The van der Waals surface area contributed by atoms with E-state index >= 15 is 0 Å². The van der Waals surface area contributed by atoms with Crippen molar-refractivity contribution in [2.75, 3.05) is 26.7 Å². The van der Waals surface area contributed by atoms with Gasteiger partial charge in [-0.1, -0.05) is 30.9 Å². The molecule has 5 nitrogen and oxygen atoms in total.